The quantitative estimate of drug-likeness (QED) is 0.379. The van der Waals surface area contributed by atoms with Gasteiger partial charge in [-0.2, -0.15) is 0 Å². The number of esters is 1. The third-order valence-electron chi connectivity index (χ3n) is 5.14. The first kappa shape index (κ1) is 23.7. The predicted molar refractivity (Wildman–Crippen MR) is 135 cm³/mol. The maximum absolute atomic E-state index is 12.6. The molecule has 2 N–H and O–H groups in total. The van der Waals surface area contributed by atoms with Gasteiger partial charge < -0.3 is 19.8 Å². The van der Waals surface area contributed by atoms with E-state index < -0.39 is 11.5 Å². The number of anilines is 1. The average Bonchev–Trinajstić information content (AvgIpc) is 2.88. The second kappa shape index (κ2) is 10.2. The molecular formula is C26H20ClN3O5. The van der Waals surface area contributed by atoms with Crippen LogP contribution in [0.5, 0.6) is 5.75 Å². The zero-order valence-electron chi connectivity index (χ0n) is 18.8. The molecule has 9 heteroatoms. The summed E-state index contributed by atoms with van der Waals surface area (Å²) < 4.78 is 9.83. The molecule has 0 aliphatic carbocycles. The molecule has 35 heavy (non-hydrogen) atoms. The van der Waals surface area contributed by atoms with Gasteiger partial charge in [-0.1, -0.05) is 23.7 Å². The topological polar surface area (TPSA) is 110 Å². The number of fused-ring (bicyclic) bond motifs is 1. The summed E-state index contributed by atoms with van der Waals surface area (Å²) in [6.07, 6.45) is 1.61. The number of hydrogen-bond acceptors (Lipinski definition) is 6. The number of aromatic amines is 1. The van der Waals surface area contributed by atoms with E-state index in [4.69, 9.17) is 21.1 Å². The van der Waals surface area contributed by atoms with Crippen molar-refractivity contribution in [2.45, 2.75) is 0 Å². The predicted octanol–water partition coefficient (Wildman–Crippen LogP) is 4.71. The molecule has 1 amide bonds. The number of amides is 1. The molecule has 0 fully saturated rings. The Kier molecular flexibility index (Phi) is 6.93. The first-order valence-corrected chi connectivity index (χ1v) is 10.8. The second-order valence-corrected chi connectivity index (χ2v) is 7.85. The molecule has 0 atom stereocenters. The van der Waals surface area contributed by atoms with Gasteiger partial charge >= 0.3 is 5.97 Å². The van der Waals surface area contributed by atoms with E-state index in [0.717, 1.165) is 0 Å². The molecule has 8 nitrogen and oxygen atoms in total. The number of carbonyl (C=O) groups excluding carboxylic acids is 2. The van der Waals surface area contributed by atoms with Gasteiger partial charge in [0.25, 0.3) is 11.5 Å². The van der Waals surface area contributed by atoms with Crippen LogP contribution in [0, 0.1) is 0 Å². The number of hydrogen-bond donors (Lipinski definition) is 2. The van der Waals surface area contributed by atoms with Crippen LogP contribution in [-0.2, 0) is 4.74 Å². The van der Waals surface area contributed by atoms with E-state index in [2.05, 4.69) is 15.3 Å². The number of methoxy groups -OCH3 is 2. The van der Waals surface area contributed by atoms with Crippen LogP contribution < -0.4 is 15.6 Å². The molecule has 0 radical (unpaired) electrons. The van der Waals surface area contributed by atoms with Crippen molar-refractivity contribution in [3.63, 3.8) is 0 Å². The van der Waals surface area contributed by atoms with Crippen LogP contribution in [0.25, 0.3) is 22.0 Å². The van der Waals surface area contributed by atoms with Crippen LogP contribution in [0.4, 0.5) is 5.69 Å². The van der Waals surface area contributed by atoms with E-state index in [0.29, 0.717) is 33.5 Å². The van der Waals surface area contributed by atoms with Crippen molar-refractivity contribution in [1.29, 1.82) is 0 Å². The number of halogens is 1. The molecule has 3 aromatic carbocycles. The maximum atomic E-state index is 12.6. The van der Waals surface area contributed by atoms with E-state index in [-0.39, 0.29) is 22.3 Å². The fraction of sp³-hybridized carbons (Fsp3) is 0.0769. The highest BCUT2D eigenvalue weighted by atomic mass is 35.5. The normalized spacial score (nSPS) is 11.2. The van der Waals surface area contributed by atoms with Crippen LogP contribution in [0.15, 0.2) is 71.5 Å². The van der Waals surface area contributed by atoms with Crippen molar-refractivity contribution >= 4 is 51.2 Å². The first-order valence-electron chi connectivity index (χ1n) is 10.4. The minimum absolute atomic E-state index is 0.138. The molecule has 176 valence electrons. The number of nitrogens with one attached hydrogen (secondary N) is 2. The fourth-order valence-electron chi connectivity index (χ4n) is 3.36. The highest BCUT2D eigenvalue weighted by molar-refractivity contribution is 6.50. The van der Waals surface area contributed by atoms with E-state index in [1.54, 1.807) is 61.7 Å². The second-order valence-electron chi connectivity index (χ2n) is 7.44. The summed E-state index contributed by atoms with van der Waals surface area (Å²) in [6.45, 7) is 0. The molecule has 0 unspecified atom stereocenters. The van der Waals surface area contributed by atoms with Gasteiger partial charge in [-0.3, -0.25) is 9.59 Å². The third-order valence-corrected chi connectivity index (χ3v) is 5.43. The Bertz CT molecular complexity index is 1510. The maximum Gasteiger partial charge on any atom is 0.337 e. The summed E-state index contributed by atoms with van der Waals surface area (Å²) >= 11 is 6.46. The van der Waals surface area contributed by atoms with Gasteiger partial charge in [0.2, 0.25) is 0 Å². The Balaban J connectivity index is 1.59. The lowest BCUT2D eigenvalue weighted by Crippen LogP contribution is -2.12. The van der Waals surface area contributed by atoms with Crippen molar-refractivity contribution in [3.8, 4) is 5.75 Å². The van der Waals surface area contributed by atoms with Gasteiger partial charge in [-0.05, 0) is 66.2 Å². The number of rotatable bonds is 6. The Morgan fingerprint density at radius 3 is 2.46 bits per heavy atom. The van der Waals surface area contributed by atoms with E-state index in [9.17, 15) is 14.4 Å². The SMILES string of the molecule is COC(=O)c1ccc2c(=O)[nH]c(/C(Cl)=C/c3cccc(NC(=O)c4ccc(OC)cc4)c3)nc2c1. The highest BCUT2D eigenvalue weighted by Crippen LogP contribution is 2.22. The van der Waals surface area contributed by atoms with Gasteiger partial charge in [-0.15, -0.1) is 0 Å². The van der Waals surface area contributed by atoms with Crippen LogP contribution in [-0.4, -0.2) is 36.1 Å². The zero-order chi connectivity index (χ0) is 24.9. The molecule has 4 rings (SSSR count). The number of H-pyrrole nitrogens is 1. The summed E-state index contributed by atoms with van der Waals surface area (Å²) in [7, 11) is 2.83. The molecule has 0 saturated heterocycles. The number of nitrogens with zero attached hydrogens (tertiary/aromatic N) is 1. The minimum Gasteiger partial charge on any atom is -0.497 e. The molecule has 0 bridgehead atoms. The Morgan fingerprint density at radius 1 is 1.00 bits per heavy atom. The lowest BCUT2D eigenvalue weighted by atomic mass is 10.1. The van der Waals surface area contributed by atoms with Gasteiger partial charge in [0.15, 0.2) is 5.82 Å². The van der Waals surface area contributed by atoms with Gasteiger partial charge in [0.1, 0.15) is 5.75 Å². The highest BCUT2D eigenvalue weighted by Gasteiger charge is 2.12. The third kappa shape index (κ3) is 5.39. The molecule has 1 heterocycles. The van der Waals surface area contributed by atoms with Crippen molar-refractivity contribution in [2.75, 3.05) is 19.5 Å². The van der Waals surface area contributed by atoms with Crippen LogP contribution in [0.2, 0.25) is 0 Å². The van der Waals surface area contributed by atoms with Crippen molar-refractivity contribution < 1.29 is 19.1 Å². The smallest absolute Gasteiger partial charge is 0.337 e. The lowest BCUT2D eigenvalue weighted by Gasteiger charge is -2.08. The molecule has 0 aliphatic rings. The number of carbonyl (C=O) groups is 2. The van der Waals surface area contributed by atoms with Crippen LogP contribution in [0.1, 0.15) is 32.1 Å². The van der Waals surface area contributed by atoms with Crippen LogP contribution in [0.3, 0.4) is 0 Å². The Morgan fingerprint density at radius 2 is 1.74 bits per heavy atom. The molecular weight excluding hydrogens is 470 g/mol. The van der Waals surface area contributed by atoms with Gasteiger partial charge in [-0.25, -0.2) is 9.78 Å². The van der Waals surface area contributed by atoms with E-state index >= 15 is 0 Å². The minimum atomic E-state index is -0.536. The van der Waals surface area contributed by atoms with Crippen molar-refractivity contribution in [3.05, 3.63) is 99.6 Å². The molecule has 0 spiro atoms. The van der Waals surface area contributed by atoms with Gasteiger partial charge in [0, 0.05) is 11.3 Å². The Hall–Kier alpha value is -4.43. The number of benzene rings is 3. The largest absolute Gasteiger partial charge is 0.497 e. The average molecular weight is 490 g/mol. The molecule has 0 saturated carbocycles. The number of ether oxygens (including phenoxy) is 2. The summed E-state index contributed by atoms with van der Waals surface area (Å²) in [5.41, 5.74) is 1.89. The van der Waals surface area contributed by atoms with E-state index in [1.165, 1.54) is 25.3 Å². The van der Waals surface area contributed by atoms with Crippen molar-refractivity contribution in [1.82, 2.24) is 9.97 Å². The standard InChI is InChI=1S/C26H20ClN3O5/c1-34-19-9-6-16(7-10-19)24(31)28-18-5-3-4-15(12-18)13-21(27)23-29-22-14-17(26(33)35-2)8-11-20(22)25(32)30-23/h3-14H,1-2H3,(H,28,31)(H,29,30,32)/b21-13-. The Labute approximate surface area is 205 Å². The van der Waals surface area contributed by atoms with Gasteiger partial charge in [0.05, 0.1) is 35.7 Å². The lowest BCUT2D eigenvalue weighted by molar-refractivity contribution is 0.0600. The van der Waals surface area contributed by atoms with Crippen LogP contribution >= 0.6 is 11.6 Å². The monoisotopic (exact) mass is 489 g/mol. The zero-order valence-corrected chi connectivity index (χ0v) is 19.6. The van der Waals surface area contributed by atoms with Crippen molar-refractivity contribution in [2.24, 2.45) is 0 Å². The molecule has 4 aromatic rings. The first-order chi connectivity index (χ1) is 16.9. The number of aromatic nitrogens is 2. The molecule has 0 aliphatic heterocycles. The summed E-state index contributed by atoms with van der Waals surface area (Å²) in [5.74, 6) is -0.0171. The summed E-state index contributed by atoms with van der Waals surface area (Å²) in [4.78, 5) is 43.9. The van der Waals surface area contributed by atoms with E-state index in [1.807, 2.05) is 0 Å². The molecule has 1 aromatic heterocycles. The summed E-state index contributed by atoms with van der Waals surface area (Å²) in [6, 6.07) is 18.3. The summed E-state index contributed by atoms with van der Waals surface area (Å²) in [5, 5.41) is 3.32. The fourth-order valence-corrected chi connectivity index (χ4v) is 3.58.